The highest BCUT2D eigenvalue weighted by Crippen LogP contribution is 2.13. The number of nitrogens with zero attached hydrogens (tertiary/aromatic N) is 3. The molecule has 17 heavy (non-hydrogen) atoms. The van der Waals surface area contributed by atoms with Crippen molar-refractivity contribution in [2.75, 3.05) is 6.61 Å². The van der Waals surface area contributed by atoms with Crippen molar-refractivity contribution in [3.63, 3.8) is 0 Å². The van der Waals surface area contributed by atoms with Crippen molar-refractivity contribution < 1.29 is 4.74 Å². The molecule has 0 spiro atoms. The van der Waals surface area contributed by atoms with Gasteiger partial charge in [0.15, 0.2) is 0 Å². The van der Waals surface area contributed by atoms with Gasteiger partial charge < -0.3 is 4.74 Å². The lowest BCUT2D eigenvalue weighted by molar-refractivity contribution is 0.340. The molecule has 0 aliphatic rings. The molecule has 0 saturated heterocycles. The number of halogens is 1. The molecular weight excluding hydrogens is 282 g/mol. The molecule has 0 aliphatic carbocycles. The Labute approximate surface area is 109 Å². The van der Waals surface area contributed by atoms with Crippen LogP contribution in [0.25, 0.3) is 0 Å². The second-order valence-corrected chi connectivity index (χ2v) is 4.18. The Hall–Kier alpha value is -1.36. The van der Waals surface area contributed by atoms with Gasteiger partial charge in [-0.1, -0.05) is 33.3 Å². The van der Waals surface area contributed by atoms with Crippen molar-refractivity contribution >= 4 is 15.9 Å². The molecule has 1 aromatic carbocycles. The zero-order valence-corrected chi connectivity index (χ0v) is 11.2. The summed E-state index contributed by atoms with van der Waals surface area (Å²) in [7, 11) is 0. The van der Waals surface area contributed by atoms with Gasteiger partial charge in [-0.25, -0.2) is 4.68 Å². The number of hydrogen-bond donors (Lipinski definition) is 0. The first-order chi connectivity index (χ1) is 8.31. The summed E-state index contributed by atoms with van der Waals surface area (Å²) in [5.41, 5.74) is 2.12. The van der Waals surface area contributed by atoms with Crippen molar-refractivity contribution in [3.05, 3.63) is 41.7 Å². The minimum Gasteiger partial charge on any atom is -0.494 e. The van der Waals surface area contributed by atoms with Crippen LogP contribution in [0.5, 0.6) is 5.75 Å². The fourth-order valence-corrected chi connectivity index (χ4v) is 1.78. The van der Waals surface area contributed by atoms with Gasteiger partial charge in [-0.15, -0.1) is 5.10 Å². The van der Waals surface area contributed by atoms with Crippen LogP contribution >= 0.6 is 15.9 Å². The molecule has 0 saturated carbocycles. The van der Waals surface area contributed by atoms with Crippen molar-refractivity contribution in [2.45, 2.75) is 18.8 Å². The monoisotopic (exact) mass is 295 g/mol. The first-order valence-electron chi connectivity index (χ1n) is 5.48. The molecule has 2 aromatic rings. The van der Waals surface area contributed by atoms with E-state index in [4.69, 9.17) is 4.74 Å². The molecule has 0 fully saturated rings. The Morgan fingerprint density at radius 2 is 2.06 bits per heavy atom. The molecule has 0 radical (unpaired) electrons. The molecule has 1 aromatic heterocycles. The third-order valence-electron chi connectivity index (χ3n) is 2.30. The van der Waals surface area contributed by atoms with E-state index in [1.807, 2.05) is 42.1 Å². The van der Waals surface area contributed by atoms with Gasteiger partial charge in [0.05, 0.1) is 18.8 Å². The van der Waals surface area contributed by atoms with E-state index in [1.54, 1.807) is 0 Å². The smallest absolute Gasteiger partial charge is 0.119 e. The van der Waals surface area contributed by atoms with Crippen molar-refractivity contribution in [1.82, 2.24) is 15.0 Å². The fourth-order valence-electron chi connectivity index (χ4n) is 1.52. The third kappa shape index (κ3) is 3.30. The Morgan fingerprint density at radius 1 is 1.29 bits per heavy atom. The average molecular weight is 296 g/mol. The molecule has 0 amide bonds. The first-order valence-corrected chi connectivity index (χ1v) is 6.60. The van der Waals surface area contributed by atoms with Gasteiger partial charge in [-0.3, -0.25) is 0 Å². The van der Waals surface area contributed by atoms with Crippen LogP contribution in [0.2, 0.25) is 0 Å². The number of aromatic nitrogens is 3. The molecule has 4 nitrogen and oxygen atoms in total. The maximum Gasteiger partial charge on any atom is 0.119 e. The molecule has 0 atom stereocenters. The van der Waals surface area contributed by atoms with Crippen molar-refractivity contribution in [1.29, 1.82) is 0 Å². The molecule has 2 rings (SSSR count). The van der Waals surface area contributed by atoms with Crippen LogP contribution in [0.3, 0.4) is 0 Å². The largest absolute Gasteiger partial charge is 0.494 e. The summed E-state index contributed by atoms with van der Waals surface area (Å²) in [4.78, 5) is 0. The van der Waals surface area contributed by atoms with Gasteiger partial charge >= 0.3 is 0 Å². The molecule has 0 N–H and O–H groups in total. The molecule has 90 valence electrons. The number of benzene rings is 1. The summed E-state index contributed by atoms with van der Waals surface area (Å²) >= 11 is 3.35. The van der Waals surface area contributed by atoms with E-state index in [0.29, 0.717) is 6.61 Å². The Kier molecular flexibility index (Phi) is 4.14. The lowest BCUT2D eigenvalue weighted by Gasteiger charge is -2.04. The van der Waals surface area contributed by atoms with Gasteiger partial charge in [-0.2, -0.15) is 0 Å². The predicted octanol–water partition coefficient (Wildman–Crippen LogP) is 2.62. The quantitative estimate of drug-likeness (QED) is 0.796. The highest BCUT2D eigenvalue weighted by atomic mass is 79.9. The van der Waals surface area contributed by atoms with Crippen LogP contribution in [-0.2, 0) is 11.9 Å². The van der Waals surface area contributed by atoms with E-state index in [9.17, 15) is 0 Å². The van der Waals surface area contributed by atoms with E-state index in [2.05, 4.69) is 26.2 Å². The minimum absolute atomic E-state index is 0.692. The van der Waals surface area contributed by atoms with Crippen LogP contribution in [-0.4, -0.2) is 21.6 Å². The standard InChI is InChI=1S/C12H14BrN3O/c1-2-17-12-5-3-10(4-6-12)8-16-9-11(7-13)14-15-16/h3-6,9H,2,7-8H2,1H3. The summed E-state index contributed by atoms with van der Waals surface area (Å²) in [6.45, 7) is 3.40. The maximum atomic E-state index is 5.39. The van der Waals surface area contributed by atoms with E-state index in [1.165, 1.54) is 5.56 Å². The summed E-state index contributed by atoms with van der Waals surface area (Å²) in [6.07, 6.45) is 1.94. The SMILES string of the molecule is CCOc1ccc(Cn2cc(CBr)nn2)cc1. The highest BCUT2D eigenvalue weighted by molar-refractivity contribution is 9.08. The average Bonchev–Trinajstić information content (AvgIpc) is 2.80. The van der Waals surface area contributed by atoms with Crippen molar-refractivity contribution in [3.8, 4) is 5.75 Å². The normalized spacial score (nSPS) is 10.5. The first kappa shape index (κ1) is 12.1. The van der Waals surface area contributed by atoms with Crippen LogP contribution in [0.4, 0.5) is 0 Å². The molecular formula is C12H14BrN3O. The van der Waals surface area contributed by atoms with E-state index in [0.717, 1.165) is 23.3 Å². The number of alkyl halides is 1. The fraction of sp³-hybridized carbons (Fsp3) is 0.333. The minimum atomic E-state index is 0.692. The predicted molar refractivity (Wildman–Crippen MR) is 69.4 cm³/mol. The topological polar surface area (TPSA) is 39.9 Å². The lowest BCUT2D eigenvalue weighted by Crippen LogP contribution is -2.00. The maximum absolute atomic E-state index is 5.39. The number of ether oxygens (including phenoxy) is 1. The Morgan fingerprint density at radius 3 is 2.65 bits per heavy atom. The Balaban J connectivity index is 2.03. The second kappa shape index (κ2) is 5.82. The van der Waals surface area contributed by atoms with E-state index in [-0.39, 0.29) is 0 Å². The summed E-state index contributed by atoms with van der Waals surface area (Å²) in [5, 5.41) is 8.80. The molecule has 1 heterocycles. The van der Waals surface area contributed by atoms with Crippen LogP contribution in [0.15, 0.2) is 30.5 Å². The molecule has 0 aliphatic heterocycles. The zero-order chi connectivity index (χ0) is 12.1. The van der Waals surface area contributed by atoms with Crippen molar-refractivity contribution in [2.24, 2.45) is 0 Å². The Bertz CT molecular complexity index is 467. The highest BCUT2D eigenvalue weighted by Gasteiger charge is 2.00. The summed E-state index contributed by atoms with van der Waals surface area (Å²) in [6, 6.07) is 8.03. The molecule has 0 unspecified atom stereocenters. The zero-order valence-electron chi connectivity index (χ0n) is 9.64. The summed E-state index contributed by atoms with van der Waals surface area (Å²) in [5.74, 6) is 0.899. The van der Waals surface area contributed by atoms with Gasteiger partial charge in [0.1, 0.15) is 5.75 Å². The number of hydrogen-bond acceptors (Lipinski definition) is 3. The van der Waals surface area contributed by atoms with Gasteiger partial charge in [0, 0.05) is 11.5 Å². The van der Waals surface area contributed by atoms with Crippen LogP contribution in [0.1, 0.15) is 18.2 Å². The van der Waals surface area contributed by atoms with Gasteiger partial charge in [0.25, 0.3) is 0 Å². The van der Waals surface area contributed by atoms with E-state index >= 15 is 0 Å². The second-order valence-electron chi connectivity index (χ2n) is 3.62. The van der Waals surface area contributed by atoms with E-state index < -0.39 is 0 Å². The van der Waals surface area contributed by atoms with Crippen LogP contribution in [0, 0.1) is 0 Å². The van der Waals surface area contributed by atoms with Gasteiger partial charge in [0.2, 0.25) is 0 Å². The molecule has 5 heteroatoms. The lowest BCUT2D eigenvalue weighted by atomic mass is 10.2. The van der Waals surface area contributed by atoms with Crippen LogP contribution < -0.4 is 4.74 Å². The van der Waals surface area contributed by atoms with Gasteiger partial charge in [-0.05, 0) is 24.6 Å². The third-order valence-corrected chi connectivity index (χ3v) is 2.88. The summed E-state index contributed by atoms with van der Waals surface area (Å²) < 4.78 is 7.22. The molecule has 0 bridgehead atoms. The number of rotatable bonds is 5.